The Hall–Kier alpha value is -2.25. The molecule has 122 valence electrons. The Labute approximate surface area is 139 Å². The van der Waals surface area contributed by atoms with Crippen LogP contribution in [-0.4, -0.2) is 21.6 Å². The first kappa shape index (κ1) is 17.1. The van der Waals surface area contributed by atoms with Gasteiger partial charge in [0, 0.05) is 5.02 Å². The van der Waals surface area contributed by atoms with E-state index >= 15 is 0 Å². The summed E-state index contributed by atoms with van der Waals surface area (Å²) < 4.78 is 31.3. The Balaban J connectivity index is 2.16. The minimum absolute atomic E-state index is 0.00342. The van der Waals surface area contributed by atoms with Crippen LogP contribution in [0, 0.1) is 6.92 Å². The first-order valence-corrected chi connectivity index (χ1v) is 8.42. The van der Waals surface area contributed by atoms with E-state index in [0.29, 0.717) is 10.8 Å². The third kappa shape index (κ3) is 4.37. The van der Waals surface area contributed by atoms with E-state index in [-0.39, 0.29) is 10.6 Å². The van der Waals surface area contributed by atoms with Crippen molar-refractivity contribution in [2.75, 3.05) is 12.4 Å². The quantitative estimate of drug-likeness (QED) is 0.883. The van der Waals surface area contributed by atoms with Crippen molar-refractivity contribution >= 4 is 33.3 Å². The number of methoxy groups -OCH3 is 1. The third-order valence-corrected chi connectivity index (χ3v) is 4.55. The maximum absolute atomic E-state index is 12.1. The van der Waals surface area contributed by atoms with E-state index in [0.717, 1.165) is 5.56 Å². The van der Waals surface area contributed by atoms with Crippen molar-refractivity contribution in [2.24, 2.45) is 0 Å². The van der Waals surface area contributed by atoms with E-state index in [1.54, 1.807) is 24.3 Å². The fraction of sp³-hybridized carbons (Fsp3) is 0.133. The van der Waals surface area contributed by atoms with Gasteiger partial charge in [-0.15, -0.1) is 0 Å². The zero-order valence-electron chi connectivity index (χ0n) is 12.5. The van der Waals surface area contributed by atoms with Crippen LogP contribution in [0.2, 0.25) is 5.02 Å². The fourth-order valence-corrected chi connectivity index (χ4v) is 2.90. The maximum atomic E-state index is 12.1. The number of hydrogen-bond acceptors (Lipinski definition) is 4. The van der Waals surface area contributed by atoms with Gasteiger partial charge < -0.3 is 10.1 Å². The molecule has 0 aromatic heterocycles. The Morgan fingerprint density at radius 2 is 1.78 bits per heavy atom. The monoisotopic (exact) mass is 354 g/mol. The number of ether oxygens (including phenoxy) is 1. The summed E-state index contributed by atoms with van der Waals surface area (Å²) in [5.74, 6) is 0.359. The summed E-state index contributed by atoms with van der Waals surface area (Å²) in [5, 5.41) is 2.78. The molecule has 2 aromatic carbocycles. The standard InChI is InChI=1S/C15H15ClN2O4S/c1-10-3-6-12(7-4-10)23(20,21)18-15(19)17-13-9-11(16)5-8-14(13)22-2/h3-9H,1-2H3,(H2,17,18,19). The van der Waals surface area contributed by atoms with Crippen molar-refractivity contribution in [1.82, 2.24) is 4.72 Å². The average molecular weight is 355 g/mol. The van der Waals surface area contributed by atoms with Gasteiger partial charge in [-0.05, 0) is 37.3 Å². The zero-order valence-corrected chi connectivity index (χ0v) is 14.0. The smallest absolute Gasteiger partial charge is 0.333 e. The van der Waals surface area contributed by atoms with E-state index in [9.17, 15) is 13.2 Å². The van der Waals surface area contributed by atoms with Crippen LogP contribution >= 0.6 is 11.6 Å². The number of carbonyl (C=O) groups excluding carboxylic acids is 1. The van der Waals surface area contributed by atoms with E-state index in [4.69, 9.17) is 16.3 Å². The predicted octanol–water partition coefficient (Wildman–Crippen LogP) is 3.17. The van der Waals surface area contributed by atoms with Crippen LogP contribution in [0.5, 0.6) is 5.75 Å². The number of nitrogens with one attached hydrogen (secondary N) is 2. The summed E-state index contributed by atoms with van der Waals surface area (Å²) in [4.78, 5) is 11.9. The summed E-state index contributed by atoms with van der Waals surface area (Å²) in [6.45, 7) is 1.84. The van der Waals surface area contributed by atoms with Crippen molar-refractivity contribution in [2.45, 2.75) is 11.8 Å². The molecular weight excluding hydrogens is 340 g/mol. The van der Waals surface area contributed by atoms with Gasteiger partial charge in [-0.2, -0.15) is 0 Å². The van der Waals surface area contributed by atoms with E-state index in [1.807, 2.05) is 11.6 Å². The van der Waals surface area contributed by atoms with E-state index in [2.05, 4.69) is 5.32 Å². The molecule has 6 nitrogen and oxygen atoms in total. The molecule has 0 aliphatic rings. The highest BCUT2D eigenvalue weighted by molar-refractivity contribution is 7.90. The number of aryl methyl sites for hydroxylation is 1. The summed E-state index contributed by atoms with van der Waals surface area (Å²) >= 11 is 5.86. The fourth-order valence-electron chi connectivity index (χ4n) is 1.82. The number of rotatable bonds is 4. The van der Waals surface area contributed by atoms with Gasteiger partial charge in [-0.25, -0.2) is 17.9 Å². The van der Waals surface area contributed by atoms with Crippen LogP contribution in [0.1, 0.15) is 5.56 Å². The number of anilines is 1. The molecule has 2 aromatic rings. The average Bonchev–Trinajstić information content (AvgIpc) is 2.47. The van der Waals surface area contributed by atoms with Crippen molar-refractivity contribution in [3.8, 4) is 5.75 Å². The molecule has 0 unspecified atom stereocenters. The molecule has 0 fully saturated rings. The minimum atomic E-state index is -3.96. The Morgan fingerprint density at radius 3 is 2.39 bits per heavy atom. The summed E-state index contributed by atoms with van der Waals surface area (Å²) in [6.07, 6.45) is 0. The number of benzene rings is 2. The summed E-state index contributed by atoms with van der Waals surface area (Å²) in [5.41, 5.74) is 1.17. The Morgan fingerprint density at radius 1 is 1.13 bits per heavy atom. The molecule has 0 spiro atoms. The van der Waals surface area contributed by atoms with Crippen LogP contribution in [0.4, 0.5) is 10.5 Å². The van der Waals surface area contributed by atoms with Crippen molar-refractivity contribution < 1.29 is 17.9 Å². The van der Waals surface area contributed by atoms with E-state index < -0.39 is 16.1 Å². The summed E-state index contributed by atoms with van der Waals surface area (Å²) in [6, 6.07) is 9.83. The first-order valence-electron chi connectivity index (χ1n) is 6.56. The second-order valence-electron chi connectivity index (χ2n) is 4.72. The number of sulfonamides is 1. The predicted molar refractivity (Wildman–Crippen MR) is 88.5 cm³/mol. The van der Waals surface area contributed by atoms with Crippen LogP contribution in [0.3, 0.4) is 0 Å². The van der Waals surface area contributed by atoms with Gasteiger partial charge in [0.15, 0.2) is 0 Å². The lowest BCUT2D eigenvalue weighted by Crippen LogP contribution is -2.34. The number of halogens is 1. The maximum Gasteiger partial charge on any atom is 0.333 e. The molecule has 2 N–H and O–H groups in total. The van der Waals surface area contributed by atoms with Gasteiger partial charge in [-0.3, -0.25) is 0 Å². The minimum Gasteiger partial charge on any atom is -0.495 e. The molecule has 8 heteroatoms. The number of amides is 2. The molecule has 2 amide bonds. The Kier molecular flexibility index (Phi) is 5.12. The highest BCUT2D eigenvalue weighted by Crippen LogP contribution is 2.27. The second-order valence-corrected chi connectivity index (χ2v) is 6.84. The van der Waals surface area contributed by atoms with Crippen molar-refractivity contribution in [3.05, 3.63) is 53.1 Å². The number of carbonyl (C=O) groups is 1. The van der Waals surface area contributed by atoms with Crippen molar-refractivity contribution in [3.63, 3.8) is 0 Å². The highest BCUT2D eigenvalue weighted by atomic mass is 35.5. The molecule has 0 bridgehead atoms. The lowest BCUT2D eigenvalue weighted by molar-refractivity contribution is 0.256. The molecule has 0 heterocycles. The van der Waals surface area contributed by atoms with E-state index in [1.165, 1.54) is 25.3 Å². The normalized spacial score (nSPS) is 10.9. The molecule has 0 atom stereocenters. The molecule has 0 aliphatic carbocycles. The van der Waals surface area contributed by atoms with Gasteiger partial charge in [0.25, 0.3) is 10.0 Å². The lowest BCUT2D eigenvalue weighted by atomic mass is 10.2. The van der Waals surface area contributed by atoms with Gasteiger partial charge in [0.2, 0.25) is 0 Å². The second kappa shape index (κ2) is 6.89. The number of hydrogen-bond donors (Lipinski definition) is 2. The SMILES string of the molecule is COc1ccc(Cl)cc1NC(=O)NS(=O)(=O)c1ccc(C)cc1. The van der Waals surface area contributed by atoms with Crippen LogP contribution in [0.15, 0.2) is 47.4 Å². The molecular formula is C15H15ClN2O4S. The molecule has 0 aliphatic heterocycles. The largest absolute Gasteiger partial charge is 0.495 e. The molecule has 23 heavy (non-hydrogen) atoms. The van der Waals surface area contributed by atoms with Gasteiger partial charge >= 0.3 is 6.03 Å². The highest BCUT2D eigenvalue weighted by Gasteiger charge is 2.18. The van der Waals surface area contributed by atoms with Crippen LogP contribution in [-0.2, 0) is 10.0 Å². The first-order chi connectivity index (χ1) is 10.8. The molecule has 0 radical (unpaired) electrons. The topological polar surface area (TPSA) is 84.5 Å². The molecule has 2 rings (SSSR count). The zero-order chi connectivity index (χ0) is 17.0. The molecule has 0 saturated carbocycles. The Bertz CT molecular complexity index is 820. The van der Waals surface area contributed by atoms with Crippen LogP contribution in [0.25, 0.3) is 0 Å². The van der Waals surface area contributed by atoms with Crippen LogP contribution < -0.4 is 14.8 Å². The van der Waals surface area contributed by atoms with Gasteiger partial charge in [0.05, 0.1) is 17.7 Å². The van der Waals surface area contributed by atoms with Gasteiger partial charge in [-0.1, -0.05) is 29.3 Å². The lowest BCUT2D eigenvalue weighted by Gasteiger charge is -2.12. The third-order valence-electron chi connectivity index (χ3n) is 2.97. The number of urea groups is 1. The van der Waals surface area contributed by atoms with Gasteiger partial charge in [0.1, 0.15) is 5.75 Å². The summed E-state index contributed by atoms with van der Waals surface area (Å²) in [7, 11) is -2.54. The van der Waals surface area contributed by atoms with Crippen molar-refractivity contribution in [1.29, 1.82) is 0 Å². The molecule has 0 saturated heterocycles.